The van der Waals surface area contributed by atoms with E-state index in [2.05, 4.69) is 58.2 Å². The second kappa shape index (κ2) is 25.6. The van der Waals surface area contributed by atoms with Gasteiger partial charge in [0.1, 0.15) is 35.7 Å². The number of hydrogen-bond acceptors (Lipinski definition) is 8. The SMILES string of the molecule is CCCCCCCCCc1ccc(-c2ccc(C(=O)NCCC(=O)N[C@@H](CCCC[NH3+])C(=O)N(C)[C@@H]3C(=O)N[C@@H](C)C(=O)N[C@H](C(=O)O)Cc4ccc(O)c(c4)-c4cc3ccc4O)c3ccccc23)cc1. The number of unbranched alkanes of at least 4 members (excludes halogenated alkanes) is 7. The number of carboxylic acid groups (broad SMARTS) is 1. The van der Waals surface area contributed by atoms with E-state index in [0.29, 0.717) is 30.5 Å². The van der Waals surface area contributed by atoms with Gasteiger partial charge in [0.2, 0.25) is 23.6 Å². The molecule has 5 amide bonds. The quantitative estimate of drug-likeness (QED) is 0.0363. The molecule has 5 aromatic rings. The minimum atomic E-state index is -1.44. The second-order valence-corrected chi connectivity index (χ2v) is 18.6. The molecule has 1 aliphatic heterocycles. The van der Waals surface area contributed by atoms with Gasteiger partial charge in [0, 0.05) is 43.1 Å². The first-order valence-corrected chi connectivity index (χ1v) is 24.9. The van der Waals surface area contributed by atoms with E-state index >= 15 is 0 Å². The van der Waals surface area contributed by atoms with Gasteiger partial charge in [0.25, 0.3) is 5.91 Å². The van der Waals surface area contributed by atoms with Gasteiger partial charge < -0.3 is 47.2 Å². The van der Waals surface area contributed by atoms with Gasteiger partial charge in [0.05, 0.1) is 6.54 Å². The smallest absolute Gasteiger partial charge is 0.326 e. The molecule has 10 N–H and O–H groups in total. The number of quaternary nitrogens is 1. The van der Waals surface area contributed by atoms with Crippen LogP contribution in [0.15, 0.2) is 97.1 Å². The number of fused-ring (bicyclic) bond motifs is 6. The Hall–Kier alpha value is -7.26. The lowest BCUT2D eigenvalue weighted by atomic mass is 9.93. The number of nitrogens with zero attached hydrogens (tertiary/aromatic N) is 1. The number of aromatic hydroxyl groups is 2. The summed E-state index contributed by atoms with van der Waals surface area (Å²) in [5, 5.41) is 44.4. The lowest BCUT2D eigenvalue weighted by Gasteiger charge is -2.32. The third-order valence-corrected chi connectivity index (χ3v) is 13.2. The van der Waals surface area contributed by atoms with Crippen LogP contribution in [0, 0.1) is 0 Å². The van der Waals surface area contributed by atoms with Crippen molar-refractivity contribution >= 4 is 46.3 Å². The molecule has 0 saturated carbocycles. The highest BCUT2D eigenvalue weighted by atomic mass is 16.4. The Bertz CT molecular complexity index is 2690. The van der Waals surface area contributed by atoms with Crippen molar-refractivity contribution in [2.24, 2.45) is 0 Å². The van der Waals surface area contributed by atoms with Crippen LogP contribution >= 0.6 is 0 Å². The largest absolute Gasteiger partial charge is 0.507 e. The van der Waals surface area contributed by atoms with Crippen molar-refractivity contribution in [3.05, 3.63) is 119 Å². The fraction of sp³-hybridized carbons (Fsp3) is 0.393. The van der Waals surface area contributed by atoms with E-state index in [1.165, 1.54) is 101 Å². The Morgan fingerprint density at radius 2 is 1.44 bits per heavy atom. The van der Waals surface area contributed by atoms with Crippen LogP contribution in [-0.2, 0) is 36.8 Å². The fourth-order valence-corrected chi connectivity index (χ4v) is 9.20. The number of aliphatic carboxylic acids is 1. The highest BCUT2D eigenvalue weighted by Gasteiger charge is 2.36. The van der Waals surface area contributed by atoms with Crippen LogP contribution in [0.2, 0.25) is 0 Å². The molecule has 5 aromatic carbocycles. The minimum absolute atomic E-state index is 0.0331. The number of likely N-dealkylation sites (N-methyl/N-ethyl adjacent to an activating group) is 1. The third-order valence-electron chi connectivity index (χ3n) is 13.2. The maximum atomic E-state index is 14.6. The number of phenolic OH excluding ortho intramolecular Hbond substituents is 2. The number of benzene rings is 5. The molecule has 15 nitrogen and oxygen atoms in total. The van der Waals surface area contributed by atoms with Crippen molar-refractivity contribution in [2.75, 3.05) is 20.1 Å². The van der Waals surface area contributed by atoms with Crippen LogP contribution in [0.3, 0.4) is 0 Å². The van der Waals surface area contributed by atoms with E-state index < -0.39 is 53.8 Å². The van der Waals surface area contributed by atoms with Crippen LogP contribution < -0.4 is 27.0 Å². The summed E-state index contributed by atoms with van der Waals surface area (Å²) < 4.78 is 0. The third kappa shape index (κ3) is 14.0. The first-order chi connectivity index (χ1) is 34.2. The van der Waals surface area contributed by atoms with Gasteiger partial charge in [-0.25, -0.2) is 4.79 Å². The van der Waals surface area contributed by atoms with Crippen LogP contribution in [0.1, 0.15) is 118 Å². The van der Waals surface area contributed by atoms with Crippen LogP contribution in [0.5, 0.6) is 11.5 Å². The van der Waals surface area contributed by atoms with Crippen molar-refractivity contribution in [1.82, 2.24) is 26.2 Å². The number of phenols is 2. The molecule has 1 heterocycles. The molecule has 376 valence electrons. The van der Waals surface area contributed by atoms with E-state index in [1.807, 2.05) is 30.3 Å². The van der Waals surface area contributed by atoms with Gasteiger partial charge in [-0.05, 0) is 108 Å². The van der Waals surface area contributed by atoms with Crippen molar-refractivity contribution < 1.29 is 49.8 Å². The molecular weight excluding hydrogens is 901 g/mol. The molecule has 0 aliphatic carbocycles. The fourth-order valence-electron chi connectivity index (χ4n) is 9.20. The van der Waals surface area contributed by atoms with E-state index in [4.69, 9.17) is 0 Å². The predicted molar refractivity (Wildman–Crippen MR) is 273 cm³/mol. The maximum absolute atomic E-state index is 14.6. The molecule has 71 heavy (non-hydrogen) atoms. The molecule has 0 saturated heterocycles. The summed E-state index contributed by atoms with van der Waals surface area (Å²) in [5.74, 6) is -4.94. The lowest BCUT2D eigenvalue weighted by molar-refractivity contribution is -0.368. The average molecular weight is 970 g/mol. The van der Waals surface area contributed by atoms with E-state index in [1.54, 1.807) is 6.07 Å². The minimum Gasteiger partial charge on any atom is -0.507 e. The monoisotopic (exact) mass is 970 g/mol. The van der Waals surface area contributed by atoms with Crippen molar-refractivity contribution in [3.63, 3.8) is 0 Å². The summed E-state index contributed by atoms with van der Waals surface area (Å²) in [6, 6.07) is 23.4. The number of carbonyl (C=O) groups is 6. The Morgan fingerprint density at radius 1 is 0.761 bits per heavy atom. The summed E-state index contributed by atoms with van der Waals surface area (Å²) in [6.45, 7) is 4.16. The van der Waals surface area contributed by atoms with Crippen molar-refractivity contribution in [3.8, 4) is 33.8 Å². The highest BCUT2D eigenvalue weighted by molar-refractivity contribution is 6.11. The first-order valence-electron chi connectivity index (χ1n) is 24.9. The van der Waals surface area contributed by atoms with Crippen molar-refractivity contribution in [1.29, 1.82) is 0 Å². The highest BCUT2D eigenvalue weighted by Crippen LogP contribution is 2.39. The number of carboxylic acids is 1. The predicted octanol–water partition coefficient (Wildman–Crippen LogP) is 6.72. The van der Waals surface area contributed by atoms with E-state index in [9.17, 15) is 44.1 Å². The Kier molecular flexibility index (Phi) is 19.1. The molecular formula is C56H69N6O9+. The molecule has 0 spiro atoms. The second-order valence-electron chi connectivity index (χ2n) is 18.6. The maximum Gasteiger partial charge on any atom is 0.326 e. The van der Waals surface area contributed by atoms with Gasteiger partial charge in [-0.3, -0.25) is 24.0 Å². The summed E-state index contributed by atoms with van der Waals surface area (Å²) in [6.07, 6.45) is 10.9. The zero-order valence-electron chi connectivity index (χ0n) is 41.1. The molecule has 0 unspecified atom stereocenters. The average Bonchev–Trinajstić information content (AvgIpc) is 3.36. The van der Waals surface area contributed by atoms with Gasteiger partial charge >= 0.3 is 5.97 Å². The Morgan fingerprint density at radius 3 is 2.14 bits per heavy atom. The van der Waals surface area contributed by atoms with Crippen LogP contribution in [0.4, 0.5) is 0 Å². The van der Waals surface area contributed by atoms with Gasteiger partial charge in [-0.1, -0.05) is 112 Å². The van der Waals surface area contributed by atoms with Gasteiger partial charge in [-0.15, -0.1) is 0 Å². The topological polar surface area (TPSA) is 242 Å². The van der Waals surface area contributed by atoms with Crippen molar-refractivity contribution in [2.45, 2.75) is 121 Å². The van der Waals surface area contributed by atoms with E-state index in [0.717, 1.165) is 33.2 Å². The summed E-state index contributed by atoms with van der Waals surface area (Å²) in [5.41, 5.74) is 8.59. The summed E-state index contributed by atoms with van der Waals surface area (Å²) in [4.78, 5) is 82.9. The standard InChI is InChI=1S/C56H68N6O9/c1-4-5-6-7-8-9-10-15-36-19-22-38(23-20-36)40-25-26-43(42-17-12-11-16-41(40)42)53(67)58-31-29-50(65)60-46(18-13-14-30-57)55(69)62(3)51-39-24-28-49(64)45(34-39)44-32-37(21-27-48(44)63)33-47(56(70)71)61-52(66)35(2)59-54(51)68/h11-12,16-17,19-28,32,34-35,46-47,51,63-64H,4-10,13-15,18,29-31,33,57H2,1-3H3,(H,58,67)(H,59,68)(H,60,65)(H,61,66)(H,70,71)/p+1/t35-,46-,47-,51-/m0/s1. The number of nitrogens with one attached hydrogen (secondary N) is 4. The Labute approximate surface area is 415 Å². The molecule has 4 atom stereocenters. The van der Waals surface area contributed by atoms with E-state index in [-0.39, 0.29) is 59.9 Å². The summed E-state index contributed by atoms with van der Waals surface area (Å²) in [7, 11) is 1.38. The molecule has 0 radical (unpaired) electrons. The number of carbonyl (C=O) groups excluding carboxylic acids is 5. The lowest BCUT2D eigenvalue weighted by Crippen LogP contribution is -2.55. The number of hydrogen-bond donors (Lipinski definition) is 8. The zero-order valence-corrected chi connectivity index (χ0v) is 41.1. The summed E-state index contributed by atoms with van der Waals surface area (Å²) >= 11 is 0. The molecule has 0 aromatic heterocycles. The van der Waals surface area contributed by atoms with Gasteiger partial charge in [0.15, 0.2) is 0 Å². The normalized spacial score (nSPS) is 16.3. The number of amides is 5. The number of aryl methyl sites for hydroxylation is 1. The molecule has 15 heteroatoms. The molecule has 0 fully saturated rings. The zero-order chi connectivity index (χ0) is 51.0. The van der Waals surface area contributed by atoms with Gasteiger partial charge in [-0.2, -0.15) is 0 Å². The molecule has 1 aliphatic rings. The molecule has 4 bridgehead atoms. The first kappa shape index (κ1) is 53.1. The van der Waals surface area contributed by atoms with Crippen LogP contribution in [-0.4, -0.2) is 94.0 Å². The Balaban J connectivity index is 1.15. The molecule has 6 rings (SSSR count). The number of rotatable bonds is 21. The van der Waals surface area contributed by atoms with Crippen LogP contribution in [0.25, 0.3) is 33.0 Å².